The average molecular weight is 294 g/mol. The van der Waals surface area contributed by atoms with Gasteiger partial charge in [0, 0.05) is 18.6 Å². The maximum absolute atomic E-state index is 8.98. The normalized spacial score (nSPS) is 12.0. The van der Waals surface area contributed by atoms with Crippen LogP contribution in [0, 0.1) is 6.92 Å². The smallest absolute Gasteiger partial charge is 0.213 e. The molecule has 112 valence electrons. The monoisotopic (exact) mass is 294 g/mol. The summed E-state index contributed by atoms with van der Waals surface area (Å²) in [6.07, 6.45) is 0.722. The molecule has 22 heavy (non-hydrogen) atoms. The van der Waals surface area contributed by atoms with Crippen molar-refractivity contribution in [2.75, 3.05) is 13.2 Å². The van der Waals surface area contributed by atoms with E-state index in [1.54, 1.807) is 0 Å². The Morgan fingerprint density at radius 1 is 1.05 bits per heavy atom. The number of hydrogen-bond acceptors (Lipinski definition) is 2. The third-order valence-corrected chi connectivity index (χ3v) is 3.63. The fraction of sp³-hybridized carbons (Fsp3) is 0.211. The van der Waals surface area contributed by atoms with Crippen LogP contribution in [0.5, 0.6) is 0 Å². The van der Waals surface area contributed by atoms with E-state index in [1.807, 2.05) is 42.5 Å². The molecule has 0 fully saturated rings. The Hall–Kier alpha value is -2.39. The Balaban J connectivity index is 2.20. The summed E-state index contributed by atoms with van der Waals surface area (Å²) in [7, 11) is 0. The summed E-state index contributed by atoms with van der Waals surface area (Å²) in [5, 5.41) is 11.1. The van der Waals surface area contributed by atoms with E-state index in [9.17, 15) is 0 Å². The van der Waals surface area contributed by atoms with Crippen LogP contribution < -0.4 is 10.3 Å². The van der Waals surface area contributed by atoms with Gasteiger partial charge in [0.05, 0.1) is 11.5 Å². The molecule has 0 atom stereocenters. The highest BCUT2D eigenvalue weighted by atomic mass is 16.3. The fourth-order valence-electron chi connectivity index (χ4n) is 2.49. The molecule has 0 amide bonds. The zero-order valence-corrected chi connectivity index (χ0v) is 12.7. The molecule has 0 unspecified atom stereocenters. The second-order valence-corrected chi connectivity index (χ2v) is 5.39. The number of aliphatic hydroxyl groups is 1. The Morgan fingerprint density at radius 3 is 2.64 bits per heavy atom. The van der Waals surface area contributed by atoms with Crippen molar-refractivity contribution in [2.24, 2.45) is 0 Å². The summed E-state index contributed by atoms with van der Waals surface area (Å²) in [6.45, 7) is 2.99. The molecule has 3 heteroatoms. The van der Waals surface area contributed by atoms with Crippen LogP contribution in [0.4, 0.5) is 0 Å². The fourth-order valence-corrected chi connectivity index (χ4v) is 2.49. The van der Waals surface area contributed by atoms with Crippen LogP contribution in [-0.4, -0.2) is 18.3 Å². The number of hydrogen-bond donors (Lipinski definition) is 2. The summed E-state index contributed by atoms with van der Waals surface area (Å²) in [6, 6.07) is 18.3. The third-order valence-electron chi connectivity index (χ3n) is 3.63. The SMILES string of the molecule is Cc1ccc2oc(-c3ccccc3)cc(=[NH+]CCCO)c2c1. The van der Waals surface area contributed by atoms with Gasteiger partial charge in [-0.3, -0.25) is 0 Å². The molecule has 3 rings (SSSR count). The van der Waals surface area contributed by atoms with E-state index in [0.717, 1.165) is 40.6 Å². The van der Waals surface area contributed by atoms with E-state index in [1.165, 1.54) is 5.56 Å². The maximum Gasteiger partial charge on any atom is 0.213 e. The first-order valence-corrected chi connectivity index (χ1v) is 7.55. The van der Waals surface area contributed by atoms with E-state index in [0.29, 0.717) is 0 Å². The molecule has 1 aromatic heterocycles. The number of aryl methyl sites for hydroxylation is 1. The molecule has 0 aliphatic heterocycles. The third kappa shape index (κ3) is 3.10. The van der Waals surface area contributed by atoms with Gasteiger partial charge in [-0.2, -0.15) is 0 Å². The number of benzene rings is 2. The Labute approximate surface area is 129 Å². The van der Waals surface area contributed by atoms with E-state index in [4.69, 9.17) is 9.52 Å². The van der Waals surface area contributed by atoms with E-state index in [2.05, 4.69) is 24.0 Å². The van der Waals surface area contributed by atoms with Gasteiger partial charge in [0.1, 0.15) is 17.9 Å². The average Bonchev–Trinajstić information content (AvgIpc) is 2.56. The van der Waals surface area contributed by atoms with Crippen molar-refractivity contribution in [2.45, 2.75) is 13.3 Å². The van der Waals surface area contributed by atoms with Crippen LogP contribution in [0.3, 0.4) is 0 Å². The lowest BCUT2D eigenvalue weighted by molar-refractivity contribution is -0.500. The zero-order chi connectivity index (χ0) is 15.4. The first kappa shape index (κ1) is 14.5. The van der Waals surface area contributed by atoms with Gasteiger partial charge in [-0.1, -0.05) is 42.0 Å². The number of fused-ring (bicyclic) bond motifs is 1. The lowest BCUT2D eigenvalue weighted by Crippen LogP contribution is -2.76. The van der Waals surface area contributed by atoms with Crippen molar-refractivity contribution in [3.05, 3.63) is 65.5 Å². The molecule has 0 bridgehead atoms. The quantitative estimate of drug-likeness (QED) is 0.721. The van der Waals surface area contributed by atoms with Crippen LogP contribution in [-0.2, 0) is 0 Å². The predicted molar refractivity (Wildman–Crippen MR) is 87.1 cm³/mol. The van der Waals surface area contributed by atoms with Crippen LogP contribution in [0.25, 0.3) is 22.3 Å². The van der Waals surface area contributed by atoms with Crippen molar-refractivity contribution >= 4 is 11.0 Å². The summed E-state index contributed by atoms with van der Waals surface area (Å²) in [5.74, 6) is 0.837. The van der Waals surface area contributed by atoms with Crippen LogP contribution >= 0.6 is 0 Å². The van der Waals surface area contributed by atoms with Gasteiger partial charge in [-0.15, -0.1) is 0 Å². The van der Waals surface area contributed by atoms with Gasteiger partial charge in [-0.25, -0.2) is 4.99 Å². The van der Waals surface area contributed by atoms with Crippen molar-refractivity contribution in [1.29, 1.82) is 0 Å². The molecule has 0 radical (unpaired) electrons. The minimum Gasteiger partial charge on any atom is -0.456 e. The van der Waals surface area contributed by atoms with Crippen LogP contribution in [0.2, 0.25) is 0 Å². The maximum atomic E-state index is 8.98. The second kappa shape index (κ2) is 6.58. The molecule has 1 heterocycles. The van der Waals surface area contributed by atoms with E-state index in [-0.39, 0.29) is 6.61 Å². The van der Waals surface area contributed by atoms with Gasteiger partial charge < -0.3 is 9.52 Å². The highest BCUT2D eigenvalue weighted by Crippen LogP contribution is 2.21. The summed E-state index contributed by atoms with van der Waals surface area (Å²) < 4.78 is 6.06. The minimum absolute atomic E-state index is 0.187. The highest BCUT2D eigenvalue weighted by molar-refractivity contribution is 5.78. The van der Waals surface area contributed by atoms with Crippen molar-refractivity contribution in [3.8, 4) is 11.3 Å². The van der Waals surface area contributed by atoms with Crippen LogP contribution in [0.1, 0.15) is 12.0 Å². The lowest BCUT2D eigenvalue weighted by atomic mass is 10.1. The first-order chi connectivity index (χ1) is 10.8. The van der Waals surface area contributed by atoms with Crippen molar-refractivity contribution < 1.29 is 14.5 Å². The second-order valence-electron chi connectivity index (χ2n) is 5.39. The molecule has 2 aromatic carbocycles. The number of nitrogens with one attached hydrogen (secondary N) is 1. The minimum atomic E-state index is 0.187. The van der Waals surface area contributed by atoms with Gasteiger partial charge in [0.15, 0.2) is 0 Å². The highest BCUT2D eigenvalue weighted by Gasteiger charge is 2.08. The zero-order valence-electron chi connectivity index (χ0n) is 12.7. The number of rotatable bonds is 4. The Bertz CT molecular complexity index is 835. The van der Waals surface area contributed by atoms with E-state index >= 15 is 0 Å². The topological polar surface area (TPSA) is 47.3 Å². The molecule has 3 nitrogen and oxygen atoms in total. The van der Waals surface area contributed by atoms with Gasteiger partial charge in [0.2, 0.25) is 5.36 Å². The summed E-state index contributed by atoms with van der Waals surface area (Å²) in [4.78, 5) is 3.41. The lowest BCUT2D eigenvalue weighted by Gasteiger charge is -2.03. The molecule has 2 N–H and O–H groups in total. The first-order valence-electron chi connectivity index (χ1n) is 7.55. The Morgan fingerprint density at radius 2 is 1.86 bits per heavy atom. The van der Waals surface area contributed by atoms with Gasteiger partial charge in [0.25, 0.3) is 0 Å². The number of aliphatic hydroxyl groups excluding tert-OH is 1. The Kier molecular flexibility index (Phi) is 4.35. The summed E-state index contributed by atoms with van der Waals surface area (Å²) in [5.41, 5.74) is 3.11. The van der Waals surface area contributed by atoms with Crippen LogP contribution in [0.15, 0.2) is 59.0 Å². The standard InChI is InChI=1S/C19H19NO2/c1-14-8-9-18-16(12-14)17(20-10-5-11-21)13-19(22-18)15-6-3-2-4-7-15/h2-4,6-9,12-13,21H,5,10-11H2,1H3/p+1. The molecule has 0 aliphatic carbocycles. The van der Waals surface area contributed by atoms with Gasteiger partial charge >= 0.3 is 0 Å². The van der Waals surface area contributed by atoms with Crippen molar-refractivity contribution in [3.63, 3.8) is 0 Å². The van der Waals surface area contributed by atoms with Crippen molar-refractivity contribution in [1.82, 2.24) is 0 Å². The molecule has 0 spiro atoms. The van der Waals surface area contributed by atoms with E-state index < -0.39 is 0 Å². The predicted octanol–water partition coefficient (Wildman–Crippen LogP) is 1.77. The molecule has 0 saturated heterocycles. The molecular formula is C19H20NO2+. The largest absolute Gasteiger partial charge is 0.456 e. The molecule has 3 aromatic rings. The van der Waals surface area contributed by atoms with Gasteiger partial charge in [-0.05, 0) is 19.1 Å². The molecule has 0 saturated carbocycles. The molecule has 0 aliphatic rings. The summed E-state index contributed by atoms with van der Waals surface area (Å²) >= 11 is 0. The molecular weight excluding hydrogens is 274 g/mol.